The zero-order valence-corrected chi connectivity index (χ0v) is 16.7. The SMILES string of the molecule is NCCC(=O)NC1CCN(CC(=O)N[C@H]2Cc3cccc(C(=O)O)c3OB2O)CC1. The quantitative estimate of drug-likeness (QED) is 0.345. The smallest absolute Gasteiger partial charge is 0.534 e. The van der Waals surface area contributed by atoms with Gasteiger partial charge in [0.05, 0.1) is 18.0 Å². The Labute approximate surface area is 174 Å². The number of aromatic carboxylic acids is 1. The highest BCUT2D eigenvalue weighted by Gasteiger charge is 2.38. The summed E-state index contributed by atoms with van der Waals surface area (Å²) in [6, 6.07) is 4.83. The summed E-state index contributed by atoms with van der Waals surface area (Å²) in [5.74, 6) is -1.95. The first kappa shape index (κ1) is 22.1. The molecule has 0 spiro atoms. The van der Waals surface area contributed by atoms with Crippen molar-refractivity contribution in [1.82, 2.24) is 15.5 Å². The number of nitrogens with two attached hydrogens (primary N) is 1. The monoisotopic (exact) mass is 418 g/mol. The van der Waals surface area contributed by atoms with Gasteiger partial charge < -0.3 is 31.2 Å². The number of hydrogen-bond acceptors (Lipinski definition) is 7. The van der Waals surface area contributed by atoms with E-state index in [0.717, 1.165) is 12.8 Å². The normalized spacial score (nSPS) is 19.5. The molecule has 1 saturated heterocycles. The maximum absolute atomic E-state index is 12.5. The second kappa shape index (κ2) is 9.92. The summed E-state index contributed by atoms with van der Waals surface area (Å²) < 4.78 is 5.40. The Bertz CT molecular complexity index is 799. The zero-order valence-electron chi connectivity index (χ0n) is 16.7. The minimum absolute atomic E-state index is 0.0160. The van der Waals surface area contributed by atoms with Crippen LogP contribution in [0.1, 0.15) is 35.2 Å². The van der Waals surface area contributed by atoms with Gasteiger partial charge in [0.1, 0.15) is 5.75 Å². The van der Waals surface area contributed by atoms with Gasteiger partial charge in [-0.05, 0) is 30.9 Å². The molecule has 30 heavy (non-hydrogen) atoms. The zero-order chi connectivity index (χ0) is 21.7. The first-order chi connectivity index (χ1) is 14.4. The van der Waals surface area contributed by atoms with Crippen molar-refractivity contribution < 1.29 is 29.2 Å². The van der Waals surface area contributed by atoms with Crippen molar-refractivity contribution in [1.29, 1.82) is 0 Å². The first-order valence-corrected chi connectivity index (χ1v) is 10.1. The van der Waals surface area contributed by atoms with Gasteiger partial charge in [-0.25, -0.2) is 4.79 Å². The maximum Gasteiger partial charge on any atom is 0.547 e. The van der Waals surface area contributed by atoms with Crippen LogP contribution < -0.4 is 21.0 Å². The topological polar surface area (TPSA) is 154 Å². The fourth-order valence-electron chi connectivity index (χ4n) is 3.84. The molecule has 0 saturated carbocycles. The second-order valence-corrected chi connectivity index (χ2v) is 7.64. The summed E-state index contributed by atoms with van der Waals surface area (Å²) in [7, 11) is -1.33. The van der Waals surface area contributed by atoms with Gasteiger partial charge in [-0.3, -0.25) is 14.5 Å². The summed E-state index contributed by atoms with van der Waals surface area (Å²) in [6.45, 7) is 1.85. The number of nitrogens with one attached hydrogen (secondary N) is 2. The Morgan fingerprint density at radius 2 is 1.93 bits per heavy atom. The van der Waals surface area contributed by atoms with E-state index in [2.05, 4.69) is 10.6 Å². The first-order valence-electron chi connectivity index (χ1n) is 10.1. The van der Waals surface area contributed by atoms with E-state index in [0.29, 0.717) is 31.6 Å². The van der Waals surface area contributed by atoms with E-state index in [1.807, 2.05) is 4.90 Å². The van der Waals surface area contributed by atoms with E-state index < -0.39 is 19.0 Å². The average Bonchev–Trinajstić information content (AvgIpc) is 2.69. The minimum Gasteiger partial charge on any atom is -0.534 e. The van der Waals surface area contributed by atoms with E-state index in [9.17, 15) is 24.5 Å². The van der Waals surface area contributed by atoms with E-state index in [1.54, 1.807) is 12.1 Å². The number of piperidine rings is 1. The van der Waals surface area contributed by atoms with Gasteiger partial charge in [-0.1, -0.05) is 12.1 Å². The number of carboxylic acid groups (broad SMARTS) is 1. The summed E-state index contributed by atoms with van der Waals surface area (Å²) in [6.07, 6.45) is 2.10. The molecular formula is C19H27BN4O6. The Morgan fingerprint density at radius 3 is 2.60 bits per heavy atom. The minimum atomic E-state index is -1.33. The number of carbonyl (C=O) groups excluding carboxylic acids is 2. The summed E-state index contributed by atoms with van der Waals surface area (Å²) >= 11 is 0. The molecule has 2 heterocycles. The standard InChI is InChI=1S/C19H27BN4O6/c21-7-4-16(25)22-13-5-8-24(9-6-13)11-17(26)23-15-10-12-2-1-3-14(19(27)28)18(12)30-20(15)29/h1-3,13,15,29H,4-11,21H2,(H,22,25)(H,23,26)(H,27,28)/t15-/m0/s1. The van der Waals surface area contributed by atoms with Crippen LogP contribution in [-0.4, -0.2) is 78.1 Å². The lowest BCUT2D eigenvalue weighted by molar-refractivity contribution is -0.124. The second-order valence-electron chi connectivity index (χ2n) is 7.64. The third-order valence-electron chi connectivity index (χ3n) is 5.39. The molecule has 162 valence electrons. The Morgan fingerprint density at radius 1 is 1.20 bits per heavy atom. The third-order valence-corrected chi connectivity index (χ3v) is 5.39. The van der Waals surface area contributed by atoms with Crippen LogP contribution in [0.4, 0.5) is 0 Å². The van der Waals surface area contributed by atoms with Gasteiger partial charge >= 0.3 is 13.1 Å². The van der Waals surface area contributed by atoms with E-state index >= 15 is 0 Å². The van der Waals surface area contributed by atoms with Crippen molar-refractivity contribution in [3.63, 3.8) is 0 Å². The fourth-order valence-corrected chi connectivity index (χ4v) is 3.84. The number of fused-ring (bicyclic) bond motifs is 1. The predicted molar refractivity (Wildman–Crippen MR) is 109 cm³/mol. The lowest BCUT2D eigenvalue weighted by atomic mass is 9.72. The van der Waals surface area contributed by atoms with Crippen LogP contribution in [0.2, 0.25) is 0 Å². The molecule has 6 N–H and O–H groups in total. The van der Waals surface area contributed by atoms with E-state index in [1.165, 1.54) is 6.07 Å². The maximum atomic E-state index is 12.5. The van der Waals surface area contributed by atoms with Crippen LogP contribution in [0, 0.1) is 0 Å². The molecule has 3 rings (SSSR count). The lowest BCUT2D eigenvalue weighted by Gasteiger charge is -2.33. The van der Waals surface area contributed by atoms with Gasteiger partial charge in [0.2, 0.25) is 11.8 Å². The fraction of sp³-hybridized carbons (Fsp3) is 0.526. The summed E-state index contributed by atoms with van der Waals surface area (Å²) in [4.78, 5) is 37.4. The van der Waals surface area contributed by atoms with Crippen LogP contribution >= 0.6 is 0 Å². The van der Waals surface area contributed by atoms with Gasteiger partial charge in [0.15, 0.2) is 0 Å². The molecule has 1 aromatic carbocycles. The Hall–Kier alpha value is -2.63. The molecule has 0 aliphatic carbocycles. The van der Waals surface area contributed by atoms with Crippen LogP contribution in [0.5, 0.6) is 5.75 Å². The number of hydrogen-bond donors (Lipinski definition) is 5. The Balaban J connectivity index is 1.48. The highest BCUT2D eigenvalue weighted by atomic mass is 16.5. The van der Waals surface area contributed by atoms with E-state index in [4.69, 9.17) is 10.4 Å². The van der Waals surface area contributed by atoms with Crippen molar-refractivity contribution >= 4 is 24.9 Å². The van der Waals surface area contributed by atoms with Gasteiger partial charge in [0, 0.05) is 32.1 Å². The van der Waals surface area contributed by atoms with Gasteiger partial charge in [-0.15, -0.1) is 0 Å². The molecule has 0 bridgehead atoms. The summed E-state index contributed by atoms with van der Waals surface area (Å²) in [5.41, 5.74) is 5.99. The van der Waals surface area contributed by atoms with Crippen LogP contribution in [0.3, 0.4) is 0 Å². The lowest BCUT2D eigenvalue weighted by Crippen LogP contribution is -2.55. The largest absolute Gasteiger partial charge is 0.547 e. The molecule has 11 heteroatoms. The molecular weight excluding hydrogens is 391 g/mol. The van der Waals surface area contributed by atoms with Crippen molar-refractivity contribution in [3.8, 4) is 5.75 Å². The number of amides is 2. The van der Waals surface area contributed by atoms with Gasteiger partial charge in [-0.2, -0.15) is 0 Å². The number of likely N-dealkylation sites (tertiary alicyclic amines) is 1. The number of benzene rings is 1. The highest BCUT2D eigenvalue weighted by molar-refractivity contribution is 6.47. The van der Waals surface area contributed by atoms with Crippen LogP contribution in [0.25, 0.3) is 0 Å². The molecule has 2 aliphatic heterocycles. The van der Waals surface area contributed by atoms with Crippen molar-refractivity contribution in [3.05, 3.63) is 29.3 Å². The van der Waals surface area contributed by atoms with Crippen molar-refractivity contribution in [2.75, 3.05) is 26.2 Å². The third kappa shape index (κ3) is 5.50. The van der Waals surface area contributed by atoms with Crippen molar-refractivity contribution in [2.45, 2.75) is 37.7 Å². The predicted octanol–water partition coefficient (Wildman–Crippen LogP) is -1.25. The number of carbonyl (C=O) groups is 3. The van der Waals surface area contributed by atoms with Crippen molar-refractivity contribution in [2.24, 2.45) is 5.73 Å². The van der Waals surface area contributed by atoms with Crippen LogP contribution in [0.15, 0.2) is 18.2 Å². The average molecular weight is 418 g/mol. The molecule has 1 atom stereocenters. The number of para-hydroxylation sites is 1. The highest BCUT2D eigenvalue weighted by Crippen LogP contribution is 2.30. The number of carboxylic acids is 1. The molecule has 1 aromatic rings. The van der Waals surface area contributed by atoms with E-state index in [-0.39, 0.29) is 42.1 Å². The number of nitrogens with zero attached hydrogens (tertiary/aromatic N) is 1. The Kier molecular flexibility index (Phi) is 7.30. The van der Waals surface area contributed by atoms with Crippen LogP contribution in [-0.2, 0) is 16.0 Å². The molecule has 1 fully saturated rings. The van der Waals surface area contributed by atoms with Gasteiger partial charge in [0.25, 0.3) is 0 Å². The molecule has 2 aliphatic rings. The molecule has 2 amide bonds. The molecule has 0 radical (unpaired) electrons. The number of rotatable bonds is 7. The molecule has 10 nitrogen and oxygen atoms in total. The molecule has 0 unspecified atom stereocenters. The summed E-state index contributed by atoms with van der Waals surface area (Å²) in [5, 5.41) is 25.2. The molecule has 0 aromatic heterocycles.